The number of rotatable bonds is 4. The van der Waals surface area contributed by atoms with Crippen molar-refractivity contribution in [1.82, 2.24) is 0 Å². The Balaban J connectivity index is 1.74. The molecular weight excluding hydrogens is 236 g/mol. The average molecular weight is 258 g/mol. The highest BCUT2D eigenvalue weighted by atomic mass is 16.5. The summed E-state index contributed by atoms with van der Waals surface area (Å²) in [6, 6.07) is 8.19. The van der Waals surface area contributed by atoms with Crippen molar-refractivity contribution >= 4 is 11.6 Å². The van der Waals surface area contributed by atoms with E-state index < -0.39 is 0 Å². The Morgan fingerprint density at radius 1 is 1.32 bits per heavy atom. The van der Waals surface area contributed by atoms with Crippen LogP contribution in [0.15, 0.2) is 29.3 Å². The number of benzene rings is 1. The molecule has 19 heavy (non-hydrogen) atoms. The Hall–Kier alpha value is -1.35. The molecule has 3 atom stereocenters. The molecule has 2 N–H and O–H groups in total. The lowest BCUT2D eigenvalue weighted by molar-refractivity contribution is 0.202. The van der Waals surface area contributed by atoms with Gasteiger partial charge in [-0.05, 0) is 30.9 Å². The zero-order chi connectivity index (χ0) is 13.2. The fourth-order valence-electron chi connectivity index (χ4n) is 3.11. The fourth-order valence-corrected chi connectivity index (χ4v) is 3.11. The Bertz CT molecular complexity index is 483. The first-order valence-electron chi connectivity index (χ1n) is 7.39. The van der Waals surface area contributed by atoms with Crippen LogP contribution >= 0.6 is 0 Å². The minimum absolute atomic E-state index is 0.0416. The molecule has 1 saturated heterocycles. The molecule has 3 rings (SSSR count). The van der Waals surface area contributed by atoms with Gasteiger partial charge in [-0.15, -0.1) is 0 Å². The predicted molar refractivity (Wildman–Crippen MR) is 77.6 cm³/mol. The number of nitrogens with two attached hydrogens (primary N) is 1. The summed E-state index contributed by atoms with van der Waals surface area (Å²) >= 11 is 0. The molecule has 0 radical (unpaired) electrons. The van der Waals surface area contributed by atoms with Crippen LogP contribution in [0.25, 0.3) is 0 Å². The van der Waals surface area contributed by atoms with Gasteiger partial charge in [-0.25, -0.2) is 4.99 Å². The lowest BCUT2D eigenvalue weighted by Crippen LogP contribution is -2.27. The molecule has 1 fully saturated rings. The van der Waals surface area contributed by atoms with E-state index in [0.717, 1.165) is 30.0 Å². The summed E-state index contributed by atoms with van der Waals surface area (Å²) in [6.07, 6.45) is 6.25. The summed E-state index contributed by atoms with van der Waals surface area (Å²) in [5.41, 5.74) is 8.53. The summed E-state index contributed by atoms with van der Waals surface area (Å²) < 4.78 is 6.01. The highest BCUT2D eigenvalue weighted by molar-refractivity contribution is 5.87. The third-order valence-corrected chi connectivity index (χ3v) is 4.21. The van der Waals surface area contributed by atoms with E-state index in [4.69, 9.17) is 10.5 Å². The van der Waals surface area contributed by atoms with Crippen molar-refractivity contribution in [3.8, 4) is 0 Å². The second-order valence-electron chi connectivity index (χ2n) is 5.61. The lowest BCUT2D eigenvalue weighted by Gasteiger charge is -2.24. The van der Waals surface area contributed by atoms with Crippen molar-refractivity contribution in [2.45, 2.75) is 51.2 Å². The van der Waals surface area contributed by atoms with Gasteiger partial charge in [0.25, 0.3) is 0 Å². The van der Waals surface area contributed by atoms with E-state index in [9.17, 15) is 0 Å². The minimum atomic E-state index is 0.0416. The molecule has 2 aliphatic rings. The molecule has 2 heterocycles. The SMILES string of the molecule is CCCCCC1CC2C(=Nc3ccccc3C2N)O1. The van der Waals surface area contributed by atoms with E-state index in [1.54, 1.807) is 0 Å². The average Bonchev–Trinajstić information content (AvgIpc) is 2.83. The number of unbranched alkanes of at least 4 members (excludes halogenated alkanes) is 2. The zero-order valence-electron chi connectivity index (χ0n) is 11.5. The molecule has 3 heteroatoms. The van der Waals surface area contributed by atoms with Gasteiger partial charge in [0, 0.05) is 6.04 Å². The second-order valence-corrected chi connectivity index (χ2v) is 5.61. The van der Waals surface area contributed by atoms with Gasteiger partial charge in [0.1, 0.15) is 6.10 Å². The molecule has 0 saturated carbocycles. The lowest BCUT2D eigenvalue weighted by atomic mass is 9.87. The summed E-state index contributed by atoms with van der Waals surface area (Å²) in [5, 5.41) is 0. The molecule has 0 spiro atoms. The van der Waals surface area contributed by atoms with Crippen LogP contribution in [-0.2, 0) is 4.74 Å². The third-order valence-electron chi connectivity index (χ3n) is 4.21. The van der Waals surface area contributed by atoms with Crippen molar-refractivity contribution in [1.29, 1.82) is 0 Å². The maximum Gasteiger partial charge on any atom is 0.193 e. The number of fused-ring (bicyclic) bond motifs is 2. The smallest absolute Gasteiger partial charge is 0.193 e. The maximum absolute atomic E-state index is 6.39. The van der Waals surface area contributed by atoms with Gasteiger partial charge in [-0.2, -0.15) is 0 Å². The normalized spacial score (nSPS) is 28.3. The number of para-hydroxylation sites is 1. The second kappa shape index (κ2) is 5.33. The molecule has 0 bridgehead atoms. The number of hydrogen-bond acceptors (Lipinski definition) is 3. The van der Waals surface area contributed by atoms with Gasteiger partial charge < -0.3 is 10.5 Å². The minimum Gasteiger partial charge on any atom is -0.477 e. The topological polar surface area (TPSA) is 47.6 Å². The Morgan fingerprint density at radius 3 is 3.00 bits per heavy atom. The molecule has 0 aromatic heterocycles. The van der Waals surface area contributed by atoms with Crippen LogP contribution in [0.1, 0.15) is 50.6 Å². The molecule has 0 amide bonds. The number of hydrogen-bond donors (Lipinski definition) is 1. The number of nitrogens with zero attached hydrogens (tertiary/aromatic N) is 1. The van der Waals surface area contributed by atoms with Crippen LogP contribution in [0.4, 0.5) is 5.69 Å². The monoisotopic (exact) mass is 258 g/mol. The van der Waals surface area contributed by atoms with Gasteiger partial charge in [-0.1, -0.05) is 38.0 Å². The van der Waals surface area contributed by atoms with Gasteiger partial charge in [0.05, 0.1) is 11.6 Å². The highest BCUT2D eigenvalue weighted by Crippen LogP contribution is 2.41. The summed E-state index contributed by atoms with van der Waals surface area (Å²) in [7, 11) is 0. The largest absolute Gasteiger partial charge is 0.477 e. The van der Waals surface area contributed by atoms with Crippen molar-refractivity contribution in [3.63, 3.8) is 0 Å². The Labute approximate surface area is 114 Å². The van der Waals surface area contributed by atoms with Crippen molar-refractivity contribution in [2.75, 3.05) is 0 Å². The first kappa shape index (κ1) is 12.7. The molecule has 2 aliphatic heterocycles. The molecule has 1 aromatic carbocycles. The molecule has 0 aliphatic carbocycles. The summed E-state index contributed by atoms with van der Waals surface area (Å²) in [4.78, 5) is 4.65. The van der Waals surface area contributed by atoms with E-state index in [1.807, 2.05) is 18.2 Å². The van der Waals surface area contributed by atoms with Crippen LogP contribution < -0.4 is 5.73 Å². The van der Waals surface area contributed by atoms with Gasteiger partial charge in [0.2, 0.25) is 0 Å². The van der Waals surface area contributed by atoms with Crippen LogP contribution in [0, 0.1) is 5.92 Å². The van der Waals surface area contributed by atoms with Crippen molar-refractivity contribution in [2.24, 2.45) is 16.6 Å². The maximum atomic E-state index is 6.39. The molecule has 102 valence electrons. The molecule has 3 nitrogen and oxygen atoms in total. The van der Waals surface area contributed by atoms with Crippen LogP contribution in [-0.4, -0.2) is 12.0 Å². The molecule has 1 aromatic rings. The van der Waals surface area contributed by atoms with E-state index in [2.05, 4.69) is 18.0 Å². The van der Waals surface area contributed by atoms with Gasteiger partial charge in [-0.3, -0.25) is 0 Å². The number of aliphatic imine (C=N–C) groups is 1. The highest BCUT2D eigenvalue weighted by Gasteiger charge is 2.40. The Morgan fingerprint density at radius 2 is 2.16 bits per heavy atom. The van der Waals surface area contributed by atoms with Crippen LogP contribution in [0.5, 0.6) is 0 Å². The van der Waals surface area contributed by atoms with Gasteiger partial charge in [0.15, 0.2) is 5.90 Å². The van der Waals surface area contributed by atoms with E-state index in [1.165, 1.54) is 19.3 Å². The van der Waals surface area contributed by atoms with Gasteiger partial charge >= 0.3 is 0 Å². The van der Waals surface area contributed by atoms with Crippen LogP contribution in [0.3, 0.4) is 0 Å². The first-order chi connectivity index (χ1) is 9.29. The predicted octanol–water partition coefficient (Wildman–Crippen LogP) is 3.72. The molecular formula is C16H22N2O. The van der Waals surface area contributed by atoms with E-state index in [0.29, 0.717) is 6.10 Å². The summed E-state index contributed by atoms with van der Waals surface area (Å²) in [6.45, 7) is 2.23. The standard InChI is InChI=1S/C16H22N2O/c1-2-3-4-7-11-10-13-15(17)12-8-5-6-9-14(12)18-16(13)19-11/h5-6,8-9,11,13,15H,2-4,7,10,17H2,1H3. The summed E-state index contributed by atoms with van der Waals surface area (Å²) in [5.74, 6) is 1.15. The molecule has 3 unspecified atom stereocenters. The third kappa shape index (κ3) is 2.39. The zero-order valence-corrected chi connectivity index (χ0v) is 11.5. The quantitative estimate of drug-likeness (QED) is 0.837. The number of ether oxygens (including phenoxy) is 1. The van der Waals surface area contributed by atoms with E-state index >= 15 is 0 Å². The van der Waals surface area contributed by atoms with Crippen LogP contribution in [0.2, 0.25) is 0 Å². The first-order valence-corrected chi connectivity index (χ1v) is 7.39. The van der Waals surface area contributed by atoms with E-state index in [-0.39, 0.29) is 12.0 Å². The van der Waals surface area contributed by atoms with Crippen molar-refractivity contribution < 1.29 is 4.74 Å². The fraction of sp³-hybridized carbons (Fsp3) is 0.562. The van der Waals surface area contributed by atoms with Crippen molar-refractivity contribution in [3.05, 3.63) is 29.8 Å². The Kier molecular flexibility index (Phi) is 3.56.